The molecule has 0 radical (unpaired) electrons. The number of rotatable bonds is 5. The molecule has 0 atom stereocenters. The van der Waals surface area contributed by atoms with Gasteiger partial charge in [-0.15, -0.1) is 0 Å². The summed E-state index contributed by atoms with van der Waals surface area (Å²) in [5, 5.41) is 0. The first-order chi connectivity index (χ1) is 3.91. The monoisotopic (exact) mass is 174 g/mol. The normalized spacial score (nSPS) is 7.67. The first-order valence-electron chi connectivity index (χ1n) is 2.46. The van der Waals surface area contributed by atoms with Gasteiger partial charge in [0, 0.05) is 20.1 Å². The van der Waals surface area contributed by atoms with Gasteiger partial charge >= 0.3 is 51.4 Å². The van der Waals surface area contributed by atoms with Crippen molar-refractivity contribution in [2.45, 2.75) is 6.42 Å². The summed E-state index contributed by atoms with van der Waals surface area (Å²) in [4.78, 5) is 0. The van der Waals surface area contributed by atoms with E-state index in [0.717, 1.165) is 13.0 Å². The molecule has 0 unspecified atom stereocenters. The smallest absolute Gasteiger partial charge is 1.00 e. The Labute approximate surface area is 105 Å². The van der Waals surface area contributed by atoms with Crippen LogP contribution in [0.15, 0.2) is 0 Å². The third-order valence-corrected chi connectivity index (χ3v) is 0.815. The Bertz CT molecular complexity index is 65.6. The summed E-state index contributed by atoms with van der Waals surface area (Å²) >= 11 is 4.41. The van der Waals surface area contributed by atoms with Gasteiger partial charge in [-0.05, 0) is 12.2 Å². The van der Waals surface area contributed by atoms with Gasteiger partial charge in [-0.3, -0.25) is 0 Å². The van der Waals surface area contributed by atoms with Gasteiger partial charge in [0.15, 0.2) is 0 Å². The van der Waals surface area contributed by atoms with Crippen LogP contribution >= 0.6 is 12.2 Å². The first-order valence-corrected chi connectivity index (χ1v) is 2.93. The molecule has 0 rings (SSSR count). The van der Waals surface area contributed by atoms with Crippen molar-refractivity contribution in [2.75, 3.05) is 20.3 Å². The molecule has 0 aromatic rings. The van der Waals surface area contributed by atoms with Gasteiger partial charge in [-0.2, -0.15) is 0 Å². The van der Waals surface area contributed by atoms with E-state index in [0.29, 0.717) is 6.61 Å². The Morgan fingerprint density at radius 3 is 2.67 bits per heavy atom. The quantitative estimate of drug-likeness (QED) is 0.276. The van der Waals surface area contributed by atoms with E-state index in [1.165, 1.54) is 5.55 Å². The van der Waals surface area contributed by atoms with Crippen LogP contribution in [0.1, 0.15) is 7.85 Å². The predicted octanol–water partition coefficient (Wildman–Crippen LogP) is -1.89. The molecule has 0 bridgehead atoms. The van der Waals surface area contributed by atoms with Crippen LogP contribution in [0.25, 0.3) is 0 Å². The molecule has 9 heavy (non-hydrogen) atoms. The minimum atomic E-state index is 0. The molecule has 0 N–H and O–H groups in total. The van der Waals surface area contributed by atoms with E-state index in [-0.39, 0.29) is 52.8 Å². The maximum atomic E-state index is 4.76. The summed E-state index contributed by atoms with van der Waals surface area (Å²) in [7, 11) is 1.66. The third kappa shape index (κ3) is 12.6. The van der Waals surface area contributed by atoms with Gasteiger partial charge in [-0.1, -0.05) is 0 Å². The average Bonchev–Trinajstić information content (AvgIpc) is 1.81. The largest absolute Gasteiger partial charge is 1.00 e. The summed E-state index contributed by atoms with van der Waals surface area (Å²) in [5.74, 6) is 0. The van der Waals surface area contributed by atoms with Crippen LogP contribution in [0.3, 0.4) is 0 Å². The summed E-state index contributed by atoms with van der Waals surface area (Å²) in [6.45, 7) is 1.40. The molecule has 0 fully saturated rings. The van der Waals surface area contributed by atoms with Gasteiger partial charge in [0.05, 0.1) is 6.61 Å². The Kier molecular flexibility index (Phi) is 17.7. The minimum Gasteiger partial charge on any atom is -1.00 e. The molecule has 0 amide bonds. The van der Waals surface area contributed by atoms with E-state index in [2.05, 4.69) is 12.2 Å². The van der Waals surface area contributed by atoms with Crippen LogP contribution in [-0.2, 0) is 9.47 Å². The van der Waals surface area contributed by atoms with Crippen molar-refractivity contribution in [3.8, 4) is 0 Å². The van der Waals surface area contributed by atoms with Crippen molar-refractivity contribution in [1.82, 2.24) is 0 Å². The zero-order valence-corrected chi connectivity index (χ0v) is 9.86. The van der Waals surface area contributed by atoms with Gasteiger partial charge in [0.25, 0.3) is 0 Å². The van der Waals surface area contributed by atoms with Crippen LogP contribution in [0.2, 0.25) is 0 Å². The number of methoxy groups -OCH3 is 1. The van der Waals surface area contributed by atoms with Crippen molar-refractivity contribution in [1.29, 1.82) is 0 Å². The first kappa shape index (κ1) is 13.1. The second-order valence-corrected chi connectivity index (χ2v) is 1.51. The Morgan fingerprint density at radius 2 is 2.22 bits per heavy atom. The van der Waals surface area contributed by atoms with Crippen molar-refractivity contribution in [2.24, 2.45) is 0 Å². The van der Waals surface area contributed by atoms with Gasteiger partial charge in [0.1, 0.15) is 5.55 Å². The number of thiocarbonyl (C=S) groups is 1. The molecule has 50 valence electrons. The topological polar surface area (TPSA) is 18.5 Å². The molecule has 0 aliphatic carbocycles. The van der Waals surface area contributed by atoms with Gasteiger partial charge in [-0.25, -0.2) is 0 Å². The van der Waals surface area contributed by atoms with Crippen molar-refractivity contribution >= 4 is 17.8 Å². The van der Waals surface area contributed by atoms with Crippen molar-refractivity contribution in [3.63, 3.8) is 0 Å². The molecular formula is C5H11KO2S. The fourth-order valence-corrected chi connectivity index (χ4v) is 0.431. The maximum absolute atomic E-state index is 4.76. The fraction of sp³-hybridized carbons (Fsp3) is 0.800. The molecule has 0 saturated heterocycles. The zero-order chi connectivity index (χ0) is 6.24. The van der Waals surface area contributed by atoms with Crippen LogP contribution in [-0.4, -0.2) is 25.9 Å². The van der Waals surface area contributed by atoms with E-state index in [1.807, 2.05) is 0 Å². The van der Waals surface area contributed by atoms with Crippen molar-refractivity contribution < 1.29 is 62.3 Å². The summed E-state index contributed by atoms with van der Waals surface area (Å²) in [6, 6.07) is 0. The molecule has 0 aliphatic heterocycles. The van der Waals surface area contributed by atoms with Crippen LogP contribution < -0.4 is 51.4 Å². The molecule has 0 aromatic heterocycles. The molecule has 0 heterocycles. The van der Waals surface area contributed by atoms with Gasteiger partial charge < -0.3 is 10.9 Å². The van der Waals surface area contributed by atoms with Crippen LogP contribution in [0.5, 0.6) is 0 Å². The Morgan fingerprint density at radius 1 is 1.56 bits per heavy atom. The molecular weight excluding hydrogens is 163 g/mol. The number of hydrogen-bond acceptors (Lipinski definition) is 3. The van der Waals surface area contributed by atoms with E-state index >= 15 is 0 Å². The summed E-state index contributed by atoms with van der Waals surface area (Å²) < 4.78 is 9.51. The standard InChI is InChI=1S/C5H10O2S.K.H/c1-6-3-2-4-7-5-8;;/h5H,2-4H2,1H3;;/q;+1;-1. The van der Waals surface area contributed by atoms with Crippen molar-refractivity contribution in [3.05, 3.63) is 0 Å². The maximum Gasteiger partial charge on any atom is 1.00 e. The van der Waals surface area contributed by atoms with E-state index in [4.69, 9.17) is 9.47 Å². The fourth-order valence-electron chi connectivity index (χ4n) is 0.335. The summed E-state index contributed by atoms with van der Waals surface area (Å²) in [6.07, 6.45) is 0.906. The van der Waals surface area contributed by atoms with E-state index in [9.17, 15) is 0 Å². The molecule has 0 spiro atoms. The summed E-state index contributed by atoms with van der Waals surface area (Å²) in [5.41, 5.74) is 1.27. The number of hydrogen-bond donors (Lipinski definition) is 0. The Balaban J connectivity index is -0.000000245. The number of ether oxygens (including phenoxy) is 2. The Hall–Kier alpha value is 1.49. The second kappa shape index (κ2) is 12.2. The minimum absolute atomic E-state index is 0. The van der Waals surface area contributed by atoms with E-state index in [1.54, 1.807) is 7.11 Å². The average molecular weight is 174 g/mol. The zero-order valence-electron chi connectivity index (χ0n) is 6.92. The molecule has 0 aliphatic rings. The SMILES string of the molecule is COCCCOC=S.[H-].[K+]. The van der Waals surface area contributed by atoms with E-state index < -0.39 is 0 Å². The third-order valence-electron chi connectivity index (χ3n) is 0.679. The van der Waals surface area contributed by atoms with Crippen LogP contribution in [0.4, 0.5) is 0 Å². The predicted molar refractivity (Wildman–Crippen MR) is 37.2 cm³/mol. The second-order valence-electron chi connectivity index (χ2n) is 1.31. The molecule has 2 nitrogen and oxygen atoms in total. The molecule has 0 aromatic carbocycles. The van der Waals surface area contributed by atoms with Gasteiger partial charge in [0.2, 0.25) is 0 Å². The van der Waals surface area contributed by atoms with Crippen LogP contribution in [0, 0.1) is 0 Å². The molecule has 4 heteroatoms. The molecule has 0 saturated carbocycles.